The molecule has 0 bridgehead atoms. The third kappa shape index (κ3) is 3.68. The molecular weight excluding hydrogens is 232 g/mol. The van der Waals surface area contributed by atoms with E-state index in [4.69, 9.17) is 11.6 Å². The second kappa shape index (κ2) is 4.95. The number of nitrogens with zero attached hydrogens (tertiary/aromatic N) is 2. The van der Waals surface area contributed by atoms with E-state index in [0.29, 0.717) is 5.15 Å². The van der Waals surface area contributed by atoms with Crippen molar-refractivity contribution in [2.45, 2.75) is 32.2 Å². The molecule has 0 unspecified atom stereocenters. The molecule has 1 heterocycles. The summed E-state index contributed by atoms with van der Waals surface area (Å²) in [6, 6.07) is 5.92. The fourth-order valence-electron chi connectivity index (χ4n) is 2.30. The van der Waals surface area contributed by atoms with Crippen molar-refractivity contribution in [3.63, 3.8) is 0 Å². The summed E-state index contributed by atoms with van der Waals surface area (Å²) in [5.74, 6) is 1.90. The van der Waals surface area contributed by atoms with Gasteiger partial charge in [0.25, 0.3) is 0 Å². The number of hydrogen-bond donors (Lipinski definition) is 0. The standard InChI is InChI=1S/C14H19ClN2/c15-14-3-1-2-13(16-14)10-17(8-11-4-5-11)9-12-6-7-12/h1-3,11-12H,4-10H2. The summed E-state index contributed by atoms with van der Waals surface area (Å²) >= 11 is 5.93. The van der Waals surface area contributed by atoms with Crippen molar-refractivity contribution < 1.29 is 0 Å². The summed E-state index contributed by atoms with van der Waals surface area (Å²) in [6.45, 7) is 3.48. The molecule has 0 spiro atoms. The summed E-state index contributed by atoms with van der Waals surface area (Å²) in [7, 11) is 0. The van der Waals surface area contributed by atoms with Gasteiger partial charge in [-0.2, -0.15) is 0 Å². The second-order valence-corrected chi connectivity index (χ2v) is 5.92. The van der Waals surface area contributed by atoms with Gasteiger partial charge in [0.05, 0.1) is 5.69 Å². The van der Waals surface area contributed by atoms with Crippen LogP contribution in [0.3, 0.4) is 0 Å². The molecule has 0 aromatic carbocycles. The molecule has 1 aromatic heterocycles. The topological polar surface area (TPSA) is 16.1 Å². The average molecular weight is 251 g/mol. The van der Waals surface area contributed by atoms with Crippen molar-refractivity contribution in [1.82, 2.24) is 9.88 Å². The highest BCUT2D eigenvalue weighted by Crippen LogP contribution is 2.34. The average Bonchev–Trinajstić information content (AvgIpc) is 3.13. The van der Waals surface area contributed by atoms with Gasteiger partial charge in [0.15, 0.2) is 0 Å². The van der Waals surface area contributed by atoms with Crippen molar-refractivity contribution in [3.05, 3.63) is 29.0 Å². The molecule has 92 valence electrons. The van der Waals surface area contributed by atoms with Crippen LogP contribution >= 0.6 is 11.6 Å². The van der Waals surface area contributed by atoms with Crippen LogP contribution in [0.4, 0.5) is 0 Å². The van der Waals surface area contributed by atoms with Gasteiger partial charge in [-0.05, 0) is 49.7 Å². The zero-order valence-corrected chi connectivity index (χ0v) is 10.9. The maximum absolute atomic E-state index is 5.93. The number of halogens is 1. The highest BCUT2D eigenvalue weighted by Gasteiger charge is 2.29. The molecule has 2 nitrogen and oxygen atoms in total. The van der Waals surface area contributed by atoms with E-state index in [1.54, 1.807) is 0 Å². The minimum atomic E-state index is 0.611. The quantitative estimate of drug-likeness (QED) is 0.720. The van der Waals surface area contributed by atoms with Crippen LogP contribution in [0.15, 0.2) is 18.2 Å². The van der Waals surface area contributed by atoms with Gasteiger partial charge in [0, 0.05) is 19.6 Å². The molecule has 2 saturated carbocycles. The highest BCUT2D eigenvalue weighted by molar-refractivity contribution is 6.29. The van der Waals surface area contributed by atoms with Gasteiger partial charge in [-0.1, -0.05) is 17.7 Å². The van der Waals surface area contributed by atoms with E-state index < -0.39 is 0 Å². The largest absolute Gasteiger partial charge is 0.297 e. The lowest BCUT2D eigenvalue weighted by Crippen LogP contribution is -2.28. The Bertz CT molecular complexity index is 372. The van der Waals surface area contributed by atoms with Gasteiger partial charge in [0.2, 0.25) is 0 Å². The molecule has 1 aromatic rings. The Morgan fingerprint density at radius 3 is 2.29 bits per heavy atom. The van der Waals surface area contributed by atoms with E-state index in [-0.39, 0.29) is 0 Å². The Labute approximate surface area is 108 Å². The fraction of sp³-hybridized carbons (Fsp3) is 0.643. The van der Waals surface area contributed by atoms with Crippen molar-refractivity contribution >= 4 is 11.6 Å². The Hall–Kier alpha value is -0.600. The predicted octanol–water partition coefficient (Wildman–Crippen LogP) is 3.36. The van der Waals surface area contributed by atoms with Crippen LogP contribution in [0, 0.1) is 11.8 Å². The molecule has 0 atom stereocenters. The summed E-state index contributed by atoms with van der Waals surface area (Å²) in [6.07, 6.45) is 5.68. The maximum atomic E-state index is 5.93. The molecule has 3 rings (SSSR count). The van der Waals surface area contributed by atoms with Gasteiger partial charge in [-0.25, -0.2) is 4.98 Å². The Morgan fingerprint density at radius 2 is 1.76 bits per heavy atom. The van der Waals surface area contributed by atoms with E-state index in [1.165, 1.54) is 38.8 Å². The monoisotopic (exact) mass is 250 g/mol. The lowest BCUT2D eigenvalue weighted by atomic mass is 10.2. The molecule has 2 aliphatic rings. The van der Waals surface area contributed by atoms with Crippen LogP contribution < -0.4 is 0 Å². The Balaban J connectivity index is 1.60. The number of pyridine rings is 1. The minimum Gasteiger partial charge on any atom is -0.297 e. The fourth-order valence-corrected chi connectivity index (χ4v) is 2.48. The van der Waals surface area contributed by atoms with Gasteiger partial charge < -0.3 is 0 Å². The number of hydrogen-bond acceptors (Lipinski definition) is 2. The third-order valence-corrected chi connectivity index (χ3v) is 3.80. The van der Waals surface area contributed by atoms with E-state index in [0.717, 1.165) is 24.1 Å². The van der Waals surface area contributed by atoms with Gasteiger partial charge in [-0.15, -0.1) is 0 Å². The van der Waals surface area contributed by atoms with Crippen LogP contribution in [0.5, 0.6) is 0 Å². The van der Waals surface area contributed by atoms with Crippen molar-refractivity contribution in [2.24, 2.45) is 11.8 Å². The molecule has 17 heavy (non-hydrogen) atoms. The van der Waals surface area contributed by atoms with Crippen molar-refractivity contribution in [3.8, 4) is 0 Å². The van der Waals surface area contributed by atoms with Crippen molar-refractivity contribution in [1.29, 1.82) is 0 Å². The molecule has 2 aliphatic carbocycles. The van der Waals surface area contributed by atoms with E-state index >= 15 is 0 Å². The van der Waals surface area contributed by atoms with Crippen LogP contribution in [0.2, 0.25) is 5.15 Å². The smallest absolute Gasteiger partial charge is 0.129 e. The van der Waals surface area contributed by atoms with E-state index in [9.17, 15) is 0 Å². The van der Waals surface area contributed by atoms with Crippen LogP contribution in [-0.4, -0.2) is 23.0 Å². The third-order valence-electron chi connectivity index (χ3n) is 3.59. The molecule has 3 heteroatoms. The van der Waals surface area contributed by atoms with Gasteiger partial charge >= 0.3 is 0 Å². The predicted molar refractivity (Wildman–Crippen MR) is 70.0 cm³/mol. The second-order valence-electron chi connectivity index (χ2n) is 5.53. The van der Waals surface area contributed by atoms with Crippen LogP contribution in [-0.2, 0) is 6.54 Å². The molecule has 0 N–H and O–H groups in total. The number of rotatable bonds is 6. The summed E-state index contributed by atoms with van der Waals surface area (Å²) in [5.41, 5.74) is 1.11. The van der Waals surface area contributed by atoms with Gasteiger partial charge in [-0.3, -0.25) is 4.90 Å². The van der Waals surface area contributed by atoms with Crippen LogP contribution in [0.1, 0.15) is 31.4 Å². The molecule has 2 fully saturated rings. The summed E-state index contributed by atoms with van der Waals surface area (Å²) in [4.78, 5) is 6.97. The minimum absolute atomic E-state index is 0.611. The highest BCUT2D eigenvalue weighted by atomic mass is 35.5. The Morgan fingerprint density at radius 1 is 1.12 bits per heavy atom. The maximum Gasteiger partial charge on any atom is 0.129 e. The number of aromatic nitrogens is 1. The SMILES string of the molecule is Clc1cccc(CN(CC2CC2)CC2CC2)n1. The van der Waals surface area contributed by atoms with E-state index in [1.807, 2.05) is 12.1 Å². The van der Waals surface area contributed by atoms with Gasteiger partial charge in [0.1, 0.15) is 5.15 Å². The van der Waals surface area contributed by atoms with E-state index in [2.05, 4.69) is 16.0 Å². The lowest BCUT2D eigenvalue weighted by Gasteiger charge is -2.21. The molecule has 0 aliphatic heterocycles. The first-order valence-corrected chi connectivity index (χ1v) is 7.01. The van der Waals surface area contributed by atoms with Crippen LogP contribution in [0.25, 0.3) is 0 Å². The zero-order chi connectivity index (χ0) is 11.7. The summed E-state index contributed by atoms with van der Waals surface area (Å²) < 4.78 is 0. The lowest BCUT2D eigenvalue weighted by molar-refractivity contribution is 0.241. The van der Waals surface area contributed by atoms with Crippen molar-refractivity contribution in [2.75, 3.05) is 13.1 Å². The molecular formula is C14H19ClN2. The zero-order valence-electron chi connectivity index (χ0n) is 10.1. The molecule has 0 saturated heterocycles. The molecule has 0 amide bonds. The molecule has 0 radical (unpaired) electrons. The first kappa shape index (κ1) is 11.5. The first-order chi connectivity index (χ1) is 8.29. The first-order valence-electron chi connectivity index (χ1n) is 6.63. The normalized spacial score (nSPS) is 19.9. The Kier molecular flexibility index (Phi) is 3.34. The summed E-state index contributed by atoms with van der Waals surface area (Å²) in [5, 5.41) is 0.611.